The van der Waals surface area contributed by atoms with Gasteiger partial charge in [0, 0.05) is 96.0 Å². The van der Waals surface area contributed by atoms with E-state index in [0.717, 1.165) is 165 Å². The Bertz CT molecular complexity index is 11400. The summed E-state index contributed by atoms with van der Waals surface area (Å²) in [5.74, 6) is 3.45. The summed E-state index contributed by atoms with van der Waals surface area (Å²) in [4.78, 5) is 2.65. The van der Waals surface area contributed by atoms with Gasteiger partial charge in [0.1, 0.15) is 45.4 Å². The summed E-state index contributed by atoms with van der Waals surface area (Å²) >= 11 is 3.79. The maximum Gasteiger partial charge on any atom is 0.144 e. The second kappa shape index (κ2) is 33.4. The van der Waals surface area contributed by atoms with Gasteiger partial charge in [-0.3, -0.25) is 0 Å². The molecular formula is C142H82O4S2. The second-order valence-electron chi connectivity index (χ2n) is 39.2. The van der Waals surface area contributed by atoms with Gasteiger partial charge < -0.3 is 17.7 Å². The van der Waals surface area contributed by atoms with E-state index in [9.17, 15) is 0 Å². The van der Waals surface area contributed by atoms with E-state index in [-0.39, 0.29) is 0 Å². The maximum absolute atomic E-state index is 7.27. The van der Waals surface area contributed by atoms with E-state index in [1.165, 1.54) is 160 Å². The molecule has 0 fully saturated rings. The minimum atomic E-state index is 0.860. The van der Waals surface area contributed by atoms with Gasteiger partial charge in [-0.15, -0.1) is 22.7 Å². The molecular weight excluding hydrogens is 1830 g/mol. The van der Waals surface area contributed by atoms with E-state index < -0.39 is 0 Å². The molecule has 6 heterocycles. The fourth-order valence-corrected chi connectivity index (χ4v) is 26.7. The van der Waals surface area contributed by atoms with Crippen molar-refractivity contribution in [2.45, 2.75) is 0 Å². The Hall–Kier alpha value is -18.8. The molecule has 686 valence electrons. The molecule has 0 aliphatic heterocycles. The average Bonchev–Trinajstić information content (AvgIpc) is 1.40. The number of hydrogen-bond donors (Lipinski definition) is 0. The van der Waals surface area contributed by atoms with Crippen LogP contribution in [0.2, 0.25) is 0 Å². The average molecular weight is 1920 g/mol. The lowest BCUT2D eigenvalue weighted by Gasteiger charge is -2.18. The van der Waals surface area contributed by atoms with Gasteiger partial charge in [0.25, 0.3) is 0 Å². The molecule has 0 bridgehead atoms. The molecule has 0 saturated heterocycles. The third-order valence-electron chi connectivity index (χ3n) is 31.1. The van der Waals surface area contributed by atoms with Gasteiger partial charge >= 0.3 is 0 Å². The Kier molecular flexibility index (Phi) is 18.9. The highest BCUT2D eigenvalue weighted by molar-refractivity contribution is 7.23. The summed E-state index contributed by atoms with van der Waals surface area (Å²) in [6, 6.07) is 180. The number of hydrogen-bond acceptors (Lipinski definition) is 6. The van der Waals surface area contributed by atoms with Gasteiger partial charge in [-0.25, -0.2) is 0 Å². The van der Waals surface area contributed by atoms with Crippen LogP contribution in [-0.2, 0) is 0 Å². The lowest BCUT2D eigenvalue weighted by Crippen LogP contribution is -1.93. The summed E-state index contributed by atoms with van der Waals surface area (Å²) in [6.07, 6.45) is 0. The second-order valence-corrected chi connectivity index (χ2v) is 41.4. The third-order valence-corrected chi connectivity index (χ3v) is 33.3. The summed E-state index contributed by atoms with van der Waals surface area (Å²) in [5.41, 5.74) is 15.0. The molecule has 6 heteroatoms. The van der Waals surface area contributed by atoms with Gasteiger partial charge in [-0.05, 0) is 268 Å². The topological polar surface area (TPSA) is 52.6 Å². The number of thiophene rings is 2. The van der Waals surface area contributed by atoms with Crippen molar-refractivity contribution in [1.82, 2.24) is 0 Å². The summed E-state index contributed by atoms with van der Waals surface area (Å²) in [7, 11) is 0. The molecule has 0 aliphatic carbocycles. The van der Waals surface area contributed by atoms with Gasteiger partial charge in [0.15, 0.2) is 0 Å². The predicted octanol–water partition coefficient (Wildman–Crippen LogP) is 42.3. The first-order valence-corrected chi connectivity index (χ1v) is 52.2. The van der Waals surface area contributed by atoms with Crippen molar-refractivity contribution in [2.75, 3.05) is 0 Å². The molecule has 33 aromatic rings. The van der Waals surface area contributed by atoms with Crippen LogP contribution >= 0.6 is 22.7 Å². The minimum absolute atomic E-state index is 0.860. The zero-order valence-electron chi connectivity index (χ0n) is 79.8. The van der Waals surface area contributed by atoms with E-state index >= 15 is 0 Å². The van der Waals surface area contributed by atoms with Gasteiger partial charge in [0.2, 0.25) is 0 Å². The van der Waals surface area contributed by atoms with Crippen LogP contribution < -0.4 is 0 Å². The van der Waals surface area contributed by atoms with E-state index in [2.05, 4.69) is 497 Å². The normalized spacial score (nSPS) is 12.1. The Morgan fingerprint density at radius 1 is 0.135 bits per heavy atom. The number of benzene rings is 27. The minimum Gasteiger partial charge on any atom is -0.455 e. The summed E-state index contributed by atoms with van der Waals surface area (Å²) in [6.45, 7) is 0. The SMILES string of the molecule is c1ccc(-c2c(-c3c4ccccc4c(-c4oc5ccc6ccccc6c5c4-c4ccccc4)c4cc5c(ccc6ccccc65)cc34)oc3ccc4ccccc4c23)cc1.c1ccc2c(c1)ccc1cc3c(-c4cc5ccc6ccccc6c5o4)c4ccccc4c(-c4cc5ccc6ccccc6c5o4)c3cc12.c1ccc2sc(-c3c4ccccc4c(-c4cc5ccccc5s4)c4cc5c(ccc6ccccc65)cc34)cc2c1. The summed E-state index contributed by atoms with van der Waals surface area (Å²) < 4.78 is 31.0. The largest absolute Gasteiger partial charge is 0.455 e. The molecule has 148 heavy (non-hydrogen) atoms. The Morgan fingerprint density at radius 2 is 0.385 bits per heavy atom. The smallest absolute Gasteiger partial charge is 0.144 e. The number of rotatable bonds is 8. The quantitative estimate of drug-likeness (QED) is 0.112. The summed E-state index contributed by atoms with van der Waals surface area (Å²) in [5, 5.41) is 45.5. The fourth-order valence-electron chi connectivity index (χ4n) is 24.4. The molecule has 0 aliphatic rings. The van der Waals surface area contributed by atoms with Crippen molar-refractivity contribution in [2.24, 2.45) is 0 Å². The maximum atomic E-state index is 7.27. The van der Waals surface area contributed by atoms with E-state index in [0.29, 0.717) is 0 Å². The first-order valence-electron chi connectivity index (χ1n) is 50.6. The highest BCUT2D eigenvalue weighted by Gasteiger charge is 2.32. The van der Waals surface area contributed by atoms with Gasteiger partial charge in [-0.2, -0.15) is 0 Å². The molecule has 0 saturated carbocycles. The molecule has 0 N–H and O–H groups in total. The van der Waals surface area contributed by atoms with Crippen molar-refractivity contribution in [3.8, 4) is 88.4 Å². The van der Waals surface area contributed by atoms with Crippen molar-refractivity contribution >= 4 is 259 Å². The van der Waals surface area contributed by atoms with Crippen LogP contribution in [0.4, 0.5) is 0 Å². The third kappa shape index (κ3) is 13.2. The van der Waals surface area contributed by atoms with Crippen LogP contribution in [0.25, 0.3) is 325 Å². The predicted molar refractivity (Wildman–Crippen MR) is 633 cm³/mol. The van der Waals surface area contributed by atoms with Crippen LogP contribution in [0, 0.1) is 0 Å². The number of furan rings is 4. The lowest BCUT2D eigenvalue weighted by atomic mass is 9.84. The highest BCUT2D eigenvalue weighted by Crippen LogP contribution is 2.58. The lowest BCUT2D eigenvalue weighted by molar-refractivity contribution is 0.633. The molecule has 0 unspecified atom stereocenters. The zero-order valence-corrected chi connectivity index (χ0v) is 81.4. The number of fused-ring (bicyclic) bond motifs is 29. The molecule has 27 aromatic carbocycles. The van der Waals surface area contributed by atoms with E-state index in [4.69, 9.17) is 17.7 Å². The molecule has 0 atom stereocenters. The first-order chi connectivity index (χ1) is 73.4. The Balaban J connectivity index is 0.000000102. The Morgan fingerprint density at radius 3 is 0.757 bits per heavy atom. The highest BCUT2D eigenvalue weighted by atomic mass is 32.1. The van der Waals surface area contributed by atoms with Crippen LogP contribution in [0.15, 0.2) is 515 Å². The van der Waals surface area contributed by atoms with Crippen LogP contribution in [0.5, 0.6) is 0 Å². The molecule has 6 aromatic heterocycles. The molecule has 33 rings (SSSR count). The fraction of sp³-hybridized carbons (Fsp3) is 0. The molecule has 0 spiro atoms. The van der Waals surface area contributed by atoms with Crippen molar-refractivity contribution < 1.29 is 17.7 Å². The standard InChI is InChI=1S/C58H34O2.C46H26O2.C38H22S2/c1-3-18-38(19-4-1)51-55-42-23-11-8-16-36(42)29-31-49(55)59-57(51)53-44-25-13-14-26-45(44)54(48-34-46-40(33-47(48)53)28-27-35-15-7-10-22-41(35)46)58-52(39-20-5-2-6-21-39)56-43-24-12-9-17-37(43)30-32-50(56)60-58;1-4-12-33-27(9-1)17-20-30-23-39-40(26-38(30)33)44(42-25-32-22-19-29-11-3-6-14-35(29)46(32)48-42)37-16-8-7-15-36(37)43(39)41-24-31-21-18-28-10-2-5-13-34(28)45(31)47-41;1-4-12-27-23(9-1)17-18-24-19-31-32(22-30(24)27)38(36-21-26-11-3-8-16-34(26)40-36)29-14-6-5-13-28(29)37(31)35-20-25-10-2-7-15-33(25)39-35/h1-34H;1-26H;1-22H. The Labute approximate surface area is 855 Å². The zero-order chi connectivity index (χ0) is 96.9. The van der Waals surface area contributed by atoms with Crippen molar-refractivity contribution in [3.63, 3.8) is 0 Å². The van der Waals surface area contributed by atoms with Crippen molar-refractivity contribution in [1.29, 1.82) is 0 Å². The van der Waals surface area contributed by atoms with Gasteiger partial charge in [-0.1, -0.05) is 413 Å². The van der Waals surface area contributed by atoms with E-state index in [1.807, 2.05) is 22.7 Å². The van der Waals surface area contributed by atoms with Crippen LogP contribution in [0.3, 0.4) is 0 Å². The van der Waals surface area contributed by atoms with E-state index in [1.54, 1.807) is 0 Å². The molecule has 0 amide bonds. The van der Waals surface area contributed by atoms with Crippen LogP contribution in [-0.4, -0.2) is 0 Å². The van der Waals surface area contributed by atoms with Crippen LogP contribution in [0.1, 0.15) is 0 Å². The monoisotopic (exact) mass is 1910 g/mol. The van der Waals surface area contributed by atoms with Crippen molar-refractivity contribution in [3.05, 3.63) is 497 Å². The molecule has 4 nitrogen and oxygen atoms in total. The first kappa shape index (κ1) is 83.8. The van der Waals surface area contributed by atoms with Gasteiger partial charge in [0.05, 0.1) is 0 Å². The molecule has 0 radical (unpaired) electrons.